The van der Waals surface area contributed by atoms with Crippen molar-refractivity contribution in [2.24, 2.45) is 11.8 Å². The highest BCUT2D eigenvalue weighted by Gasteiger charge is 2.35. The summed E-state index contributed by atoms with van der Waals surface area (Å²) in [5.74, 6) is -0.139. The summed E-state index contributed by atoms with van der Waals surface area (Å²) in [6, 6.07) is 7.67. The Bertz CT molecular complexity index is 3810. The molecule has 2 saturated heterocycles. The summed E-state index contributed by atoms with van der Waals surface area (Å²) in [7, 11) is 6.09. The topological polar surface area (TPSA) is 277 Å². The molecule has 2 aliphatic rings. The number of H-pyrrole nitrogens is 1. The number of halogens is 2. The normalized spacial score (nSPS) is 15.5. The first-order valence-corrected chi connectivity index (χ1v) is 29.7. The molecule has 2 aliphatic heterocycles. The summed E-state index contributed by atoms with van der Waals surface area (Å²) in [5, 5.41) is 28.2. The Kier molecular flexibility index (Phi) is 23.8. The summed E-state index contributed by atoms with van der Waals surface area (Å²) < 4.78 is 68.5. The van der Waals surface area contributed by atoms with Gasteiger partial charge in [-0.15, -0.1) is 9.59 Å². The Labute approximate surface area is 514 Å². The molecule has 2 aromatic carbocycles. The number of thiophene rings is 2. The number of aromatic amines is 1. The number of aromatic nitrogens is 10. The van der Waals surface area contributed by atoms with Crippen LogP contribution in [0.2, 0.25) is 0 Å². The van der Waals surface area contributed by atoms with E-state index in [-0.39, 0.29) is 80.1 Å². The van der Waals surface area contributed by atoms with Crippen molar-refractivity contribution in [3.05, 3.63) is 126 Å². The van der Waals surface area contributed by atoms with Gasteiger partial charge in [0.1, 0.15) is 61.6 Å². The van der Waals surface area contributed by atoms with Gasteiger partial charge in [0.2, 0.25) is 11.8 Å². The number of carbonyl (C=O) groups excluding carboxylic acids is 2. The van der Waals surface area contributed by atoms with Crippen molar-refractivity contribution in [2.75, 3.05) is 94.3 Å². The molecule has 6 aromatic heterocycles. The van der Waals surface area contributed by atoms with Gasteiger partial charge in [0.05, 0.1) is 94.9 Å². The van der Waals surface area contributed by atoms with Crippen molar-refractivity contribution in [2.45, 2.75) is 86.1 Å². The van der Waals surface area contributed by atoms with Gasteiger partial charge in [-0.2, -0.15) is 25.4 Å². The Morgan fingerprint density at radius 1 is 0.670 bits per heavy atom. The fraction of sp³-hybridized carbons (Fsp3) is 0.492. The van der Waals surface area contributed by atoms with Crippen molar-refractivity contribution in [1.29, 1.82) is 0 Å². The summed E-state index contributed by atoms with van der Waals surface area (Å²) >= 11 is 2.55. The average Bonchev–Trinajstić information content (AvgIpc) is 1.69. The first-order valence-electron chi connectivity index (χ1n) is 28.1. The van der Waals surface area contributed by atoms with Crippen LogP contribution in [0, 0.1) is 37.3 Å². The van der Waals surface area contributed by atoms with E-state index in [9.17, 15) is 37.9 Å². The van der Waals surface area contributed by atoms with Crippen LogP contribution in [0.1, 0.15) is 94.5 Å². The highest BCUT2D eigenvalue weighted by Crippen LogP contribution is 2.36. The lowest BCUT2D eigenvalue weighted by Crippen LogP contribution is -2.40. The third kappa shape index (κ3) is 15.2. The second-order valence-electron chi connectivity index (χ2n) is 21.0. The molecule has 8 heterocycles. The number of nitrogens with zero attached hydrogens (tertiary/aromatic N) is 11. The summed E-state index contributed by atoms with van der Waals surface area (Å²) in [6.45, 7) is 13.8. The number of likely N-dealkylation sites (tertiary alicyclic amines) is 2. The maximum absolute atomic E-state index is 14.3. The number of aliphatic hydroxyl groups excluding tert-OH is 1. The number of hydrogen-bond acceptors (Lipinski definition) is 20. The summed E-state index contributed by atoms with van der Waals surface area (Å²) in [5.41, 5.74) is 1.31. The van der Waals surface area contributed by atoms with Gasteiger partial charge < -0.3 is 48.1 Å². The van der Waals surface area contributed by atoms with Crippen LogP contribution in [0.4, 0.5) is 8.78 Å². The smallest absolute Gasteiger partial charge is 0.329 e. The van der Waals surface area contributed by atoms with Crippen LogP contribution in [0.5, 0.6) is 17.5 Å². The first kappa shape index (κ1) is 67.7. The van der Waals surface area contributed by atoms with Gasteiger partial charge >= 0.3 is 11.7 Å². The van der Waals surface area contributed by atoms with E-state index in [0.29, 0.717) is 117 Å². The number of carbonyl (C=O) groups is 2. The number of nitrogens with one attached hydrogen (secondary N) is 1. The van der Waals surface area contributed by atoms with Crippen molar-refractivity contribution in [3.63, 3.8) is 0 Å². The Hall–Kier alpha value is -7.80. The summed E-state index contributed by atoms with van der Waals surface area (Å²) in [6.07, 6.45) is 6.01. The lowest BCUT2D eigenvalue weighted by atomic mass is 10.1. The molecule has 10 rings (SSSR count). The number of rotatable bonds is 22. The molecule has 8 aromatic rings. The number of aryl methyl sites for hydroxylation is 2. The lowest BCUT2D eigenvalue weighted by molar-refractivity contribution is -0.134. The Morgan fingerprint density at radius 2 is 1.14 bits per heavy atom. The second-order valence-corrected chi connectivity index (χ2v) is 23.0. The number of aliphatic hydroxyl groups is 1. The number of ether oxygens (including phenoxy) is 7. The van der Waals surface area contributed by atoms with E-state index in [1.807, 2.05) is 41.5 Å². The van der Waals surface area contributed by atoms with E-state index in [1.54, 1.807) is 48.8 Å². The number of methoxy groups -OCH3 is 4. The first-order chi connectivity index (χ1) is 41.8. The van der Waals surface area contributed by atoms with Gasteiger partial charge in [-0.3, -0.25) is 33.3 Å². The molecule has 2 amide bonds. The van der Waals surface area contributed by atoms with E-state index in [0.717, 1.165) is 5.56 Å². The van der Waals surface area contributed by atoms with Crippen LogP contribution >= 0.6 is 22.7 Å². The van der Waals surface area contributed by atoms with Gasteiger partial charge in [0.25, 0.3) is 11.1 Å². The third-order valence-electron chi connectivity index (χ3n) is 14.6. The Balaban J connectivity index is 0.000000209. The van der Waals surface area contributed by atoms with Crippen LogP contribution in [0.15, 0.2) is 75.6 Å². The van der Waals surface area contributed by atoms with E-state index in [1.165, 1.54) is 92.0 Å². The van der Waals surface area contributed by atoms with Crippen LogP contribution in [-0.4, -0.2) is 170 Å². The van der Waals surface area contributed by atoms with Crippen LogP contribution in [-0.2, 0) is 28.5 Å². The molecule has 0 saturated carbocycles. The second kappa shape index (κ2) is 30.9. The van der Waals surface area contributed by atoms with Gasteiger partial charge in [0, 0.05) is 74.5 Å². The minimum atomic E-state index is -0.765. The molecule has 2 fully saturated rings. The minimum Gasteiger partial charge on any atom is -0.496 e. The van der Waals surface area contributed by atoms with E-state index >= 15 is 0 Å². The largest absolute Gasteiger partial charge is 0.496 e. The molecule has 476 valence electrons. The molecule has 0 bridgehead atoms. The molecule has 0 aliphatic carbocycles. The van der Waals surface area contributed by atoms with Crippen molar-refractivity contribution >= 4 is 54.9 Å². The predicted molar refractivity (Wildman–Crippen MR) is 326 cm³/mol. The lowest BCUT2D eigenvalue weighted by Gasteiger charge is -2.23. The quantitative estimate of drug-likeness (QED) is 0.0650. The van der Waals surface area contributed by atoms with Crippen LogP contribution in [0.3, 0.4) is 0 Å². The van der Waals surface area contributed by atoms with Crippen molar-refractivity contribution in [1.82, 2.24) is 58.9 Å². The predicted octanol–water partition coefficient (Wildman–Crippen LogP) is 6.94. The average molecular weight is 1260 g/mol. The zero-order chi connectivity index (χ0) is 62.6. The number of hydrogen-bond donors (Lipinski definition) is 2. The molecule has 0 spiro atoms. The standard InChI is InChI=1S/C29H35FN6O6S.C17H20N6O3S.C12H17FO4.CH4/c1-17(2)26(37)34-11-8-20(15-34)35-27(38)24-18(3)28(36-31-9-10-32-36)43-25(24)33-29(35)42-16-23(41-13-12-39-4)21-14-19(30)6-7-22(21)40-5;1-9(2)14(24)21-7-4-11(8-21)22-15(25)12-10(3)16(23-18-5-6-19-23)27-13(12)20-17(22)26;1-15-5-6-17-12(8-14)10-7-9(13)3-4-11(10)16-2;/h6-7,9-10,14,17,20,23H,8,11-13,15-16H2,1-5H3;5-6,9,11H,4,7-8H2,1-3H3,(H,20,26);3-4,7,12,14H,5-6,8H2,1-2H3;1H4/t20-,23+;11-;12-;/m110./s1. The zero-order valence-corrected chi connectivity index (χ0v) is 51.7. The molecule has 0 radical (unpaired) electrons. The van der Waals surface area contributed by atoms with Crippen LogP contribution in [0.25, 0.3) is 30.4 Å². The fourth-order valence-electron chi connectivity index (χ4n) is 10.3. The van der Waals surface area contributed by atoms with E-state index < -0.39 is 29.5 Å². The van der Waals surface area contributed by atoms with Gasteiger partial charge in [-0.25, -0.2) is 13.6 Å². The van der Waals surface area contributed by atoms with Gasteiger partial charge in [0.15, 0.2) is 0 Å². The molecule has 29 heteroatoms. The maximum Gasteiger partial charge on any atom is 0.329 e. The summed E-state index contributed by atoms with van der Waals surface area (Å²) in [4.78, 5) is 80.0. The number of amides is 2. The zero-order valence-electron chi connectivity index (χ0n) is 50.1. The molecule has 0 unspecified atom stereocenters. The van der Waals surface area contributed by atoms with E-state index in [2.05, 4.69) is 25.4 Å². The van der Waals surface area contributed by atoms with Gasteiger partial charge in [-0.05, 0) is 63.1 Å². The number of benzene rings is 2. The van der Waals surface area contributed by atoms with Crippen molar-refractivity contribution < 1.29 is 56.6 Å². The molecular formula is C59H76F2N12O13S2. The minimum absolute atomic E-state index is 0. The monoisotopic (exact) mass is 1260 g/mol. The fourth-order valence-corrected chi connectivity index (χ4v) is 12.5. The molecular weight excluding hydrogens is 1190 g/mol. The molecule has 88 heavy (non-hydrogen) atoms. The SMILES string of the molecule is C.COCCO[C@@H](CO)c1cc(F)ccc1OC.COCCO[C@@H](COc1nc2sc(-n3nccn3)c(C)c2c(=O)n1[C@@H]1CCN(C(=O)C(C)C)C1)c1cc(F)ccc1OC.Cc1c(-n2nccn2)sc2[nH]c(=O)n([C@@H]3CCN(C(=O)C(C)C)C3)c(=O)c12. The number of fused-ring (bicyclic) bond motifs is 2. The Morgan fingerprint density at radius 3 is 1.62 bits per heavy atom. The third-order valence-corrected chi connectivity index (χ3v) is 16.9. The van der Waals surface area contributed by atoms with Crippen molar-refractivity contribution in [3.8, 4) is 27.5 Å². The molecule has 2 N–H and O–H groups in total. The molecule has 25 nitrogen and oxygen atoms in total. The highest BCUT2D eigenvalue weighted by atomic mass is 32.1. The van der Waals surface area contributed by atoms with E-state index in [4.69, 9.17) is 38.1 Å². The van der Waals surface area contributed by atoms with Gasteiger partial charge in [-0.1, -0.05) is 57.8 Å². The highest BCUT2D eigenvalue weighted by molar-refractivity contribution is 7.21. The van der Waals surface area contributed by atoms with Crippen LogP contribution < -0.4 is 31.0 Å². The maximum atomic E-state index is 14.3. The molecule has 4 atom stereocenters.